The van der Waals surface area contributed by atoms with Crippen molar-refractivity contribution in [3.05, 3.63) is 16.0 Å². The zero-order chi connectivity index (χ0) is 24.5. The van der Waals surface area contributed by atoms with Crippen LogP contribution in [0.1, 0.15) is 41.5 Å². The molecule has 0 unspecified atom stereocenters. The van der Waals surface area contributed by atoms with E-state index in [0.29, 0.717) is 18.1 Å². The summed E-state index contributed by atoms with van der Waals surface area (Å²) in [6.07, 6.45) is 0. The smallest absolute Gasteiger partial charge is 0 e. The average Bonchev–Trinajstić information content (AvgIpc) is 2.54. The zero-order valence-electron chi connectivity index (χ0n) is 23.2. The third-order valence-corrected chi connectivity index (χ3v) is 3.19. The van der Waals surface area contributed by atoms with Gasteiger partial charge in [0.1, 0.15) is 0 Å². The van der Waals surface area contributed by atoms with Gasteiger partial charge in [0, 0.05) is 17.1 Å². The van der Waals surface area contributed by atoms with E-state index in [2.05, 4.69) is 110 Å². The van der Waals surface area contributed by atoms with Crippen molar-refractivity contribution >= 4 is 20.2 Å². The largest absolute Gasteiger partial charge is 1.00 e. The average molecular weight is 576 g/mol. The molecule has 11 heteroatoms. The van der Waals surface area contributed by atoms with E-state index in [1.54, 1.807) is 0 Å². The second-order valence-corrected chi connectivity index (χ2v) is 10.6. The first-order chi connectivity index (χ1) is 13.8. The van der Waals surface area contributed by atoms with Gasteiger partial charge in [-0.3, -0.25) is 0 Å². The third kappa shape index (κ3) is 76.9. The van der Waals surface area contributed by atoms with Gasteiger partial charge in [0.25, 0.3) is 0 Å². The zero-order valence-corrected chi connectivity index (χ0v) is 27.1. The number of nitrogens with one attached hydrogen (secondary N) is 1. The maximum Gasteiger partial charge on any atom is 1.00 e. The van der Waals surface area contributed by atoms with Crippen LogP contribution in [0.3, 0.4) is 0 Å². The van der Waals surface area contributed by atoms with E-state index in [9.17, 15) is 0 Å². The van der Waals surface area contributed by atoms with Gasteiger partial charge in [-0.1, -0.05) is 48.1 Å². The molecule has 0 aliphatic heterocycles. The summed E-state index contributed by atoms with van der Waals surface area (Å²) in [5.74, 6) is 0. The number of quaternary nitrogens is 1. The SMILES string of the molecule is CC(C)[N-]CCN(C)C.CC(C)[N-]CCN(C)C.CC(C)[N-]CC[NH+](C)C.[Cl][Mn][Cl].[Li+].[Mn]. The minimum atomic E-state index is 0. The van der Waals surface area contributed by atoms with E-state index in [-0.39, 0.29) is 49.1 Å². The van der Waals surface area contributed by atoms with Crippen LogP contribution < -0.4 is 23.8 Å². The van der Waals surface area contributed by atoms with E-state index in [1.165, 1.54) is 4.90 Å². The van der Waals surface area contributed by atoms with Crippen LogP contribution in [0.15, 0.2) is 0 Å². The molecule has 0 atom stereocenters. The van der Waals surface area contributed by atoms with E-state index < -0.39 is 0 Å². The number of hydrogen-bond donors (Lipinski definition) is 1. The summed E-state index contributed by atoms with van der Waals surface area (Å²) in [5, 5.41) is 13.0. The Morgan fingerprint density at radius 1 is 0.688 bits per heavy atom. The first-order valence-corrected chi connectivity index (χ1v) is 14.0. The topological polar surface area (TPSA) is 53.2 Å². The number of hydrogen-bond acceptors (Lipinski definition) is 2. The Balaban J connectivity index is -0.0000000723. The first-order valence-electron chi connectivity index (χ1n) is 10.7. The molecule has 0 aromatic rings. The normalized spacial score (nSPS) is 10.1. The number of likely N-dealkylation sites (N-methyl/N-ethyl adjacent to an activating group) is 3. The molecule has 0 heterocycles. The third-order valence-electron chi connectivity index (χ3n) is 3.19. The molecule has 0 aromatic carbocycles. The van der Waals surface area contributed by atoms with Gasteiger partial charge in [0.05, 0.1) is 20.6 Å². The van der Waals surface area contributed by atoms with Crippen molar-refractivity contribution in [2.24, 2.45) is 0 Å². The Hall–Kier alpha value is 1.98. The molecule has 32 heavy (non-hydrogen) atoms. The molecular weight excluding hydrogens is 524 g/mol. The molecule has 0 bridgehead atoms. The first kappa shape index (κ1) is 47.2. The van der Waals surface area contributed by atoms with E-state index in [1.807, 2.05) is 0 Å². The Bertz CT molecular complexity index is 239. The number of halogens is 2. The quantitative estimate of drug-likeness (QED) is 0.352. The van der Waals surface area contributed by atoms with Crippen LogP contribution in [-0.4, -0.2) is 109 Å². The van der Waals surface area contributed by atoms with Crippen molar-refractivity contribution in [2.75, 3.05) is 81.6 Å². The van der Waals surface area contributed by atoms with Gasteiger partial charge in [-0.25, -0.2) is 0 Å². The van der Waals surface area contributed by atoms with Crippen molar-refractivity contribution < 1.29 is 54.0 Å². The fourth-order valence-electron chi connectivity index (χ4n) is 1.58. The van der Waals surface area contributed by atoms with E-state index in [4.69, 9.17) is 20.2 Å². The molecule has 0 fully saturated rings. The van der Waals surface area contributed by atoms with Crippen molar-refractivity contribution in [2.45, 2.75) is 59.7 Å². The molecule has 6 nitrogen and oxygen atoms in total. The predicted octanol–water partition coefficient (Wildman–Crippen LogP) is 0.951. The van der Waals surface area contributed by atoms with Crippen molar-refractivity contribution in [3.63, 3.8) is 0 Å². The van der Waals surface area contributed by atoms with Gasteiger partial charge < -0.3 is 30.7 Å². The molecule has 0 aliphatic rings. The summed E-state index contributed by atoms with van der Waals surface area (Å²) >= 11 is 0.00694. The van der Waals surface area contributed by atoms with Crippen LogP contribution in [0.4, 0.5) is 0 Å². The van der Waals surface area contributed by atoms with Crippen LogP contribution in [0.2, 0.25) is 0 Å². The molecule has 0 aromatic heterocycles. The fraction of sp³-hybridized carbons (Fsp3) is 1.00. The van der Waals surface area contributed by atoms with Crippen LogP contribution in [0, 0.1) is 0 Å². The van der Waals surface area contributed by atoms with Gasteiger partial charge in [-0.05, 0) is 41.3 Å². The maximum absolute atomic E-state index is 4.80. The van der Waals surface area contributed by atoms with Gasteiger partial charge >= 0.3 is 52.2 Å². The summed E-state index contributed by atoms with van der Waals surface area (Å²) in [4.78, 5) is 5.76. The van der Waals surface area contributed by atoms with Gasteiger partial charge in [-0.15, -0.1) is 31.2 Å². The molecule has 0 spiro atoms. The van der Waals surface area contributed by atoms with Crippen LogP contribution >= 0.6 is 20.2 Å². The fourth-order valence-corrected chi connectivity index (χ4v) is 1.58. The Morgan fingerprint density at radius 2 is 0.938 bits per heavy atom. The predicted molar refractivity (Wildman–Crippen MR) is 137 cm³/mol. The Kier molecular flexibility index (Phi) is 55.4. The Morgan fingerprint density at radius 3 is 1.12 bits per heavy atom. The minimum absolute atomic E-state index is 0. The summed E-state index contributed by atoms with van der Waals surface area (Å²) < 4.78 is 0. The second kappa shape index (κ2) is 37.5. The van der Waals surface area contributed by atoms with Gasteiger partial charge in [-0.2, -0.15) is 0 Å². The molecule has 0 amide bonds. The minimum Gasteiger partial charge on any atom is 0 e. The standard InChI is InChI=1S/3C7H17N2.2ClH.Li.2Mn/c3*1-7(2)8-5-6-9(3)4;;;;;/h3*7H,5-6H2,1-4H3;2*1H;;;/q3*-1;;;+1;;+2/p-1. The van der Waals surface area contributed by atoms with Crippen LogP contribution in [-0.2, 0) is 30.2 Å². The van der Waals surface area contributed by atoms with Crippen molar-refractivity contribution in [1.82, 2.24) is 9.80 Å². The molecule has 0 saturated heterocycles. The molecule has 196 valence electrons. The molecule has 1 N–H and O–H groups in total. The summed E-state index contributed by atoms with van der Waals surface area (Å²) in [6, 6.07) is 1.49. The molecule has 0 aliphatic carbocycles. The van der Waals surface area contributed by atoms with Gasteiger partial charge in [0.15, 0.2) is 0 Å². The summed E-state index contributed by atoms with van der Waals surface area (Å²) in [6.45, 7) is 18.9. The van der Waals surface area contributed by atoms with Crippen LogP contribution in [0.5, 0.6) is 0 Å². The second-order valence-electron chi connectivity index (χ2n) is 8.62. The van der Waals surface area contributed by atoms with Crippen LogP contribution in [0.25, 0.3) is 16.0 Å². The van der Waals surface area contributed by atoms with E-state index in [0.717, 1.165) is 39.3 Å². The molecule has 0 saturated carbocycles. The molecule has 1 radical (unpaired) electrons. The van der Waals surface area contributed by atoms with Gasteiger partial charge in [0.2, 0.25) is 0 Å². The number of rotatable bonds is 12. The molecular formula is C21H52Cl2LiMn2N6-. The monoisotopic (exact) mass is 575 g/mol. The maximum atomic E-state index is 4.80. The summed E-state index contributed by atoms with van der Waals surface area (Å²) in [5.41, 5.74) is 0. The van der Waals surface area contributed by atoms with Crippen molar-refractivity contribution in [1.29, 1.82) is 0 Å². The van der Waals surface area contributed by atoms with E-state index >= 15 is 0 Å². The van der Waals surface area contributed by atoms with Crippen molar-refractivity contribution in [3.8, 4) is 0 Å². The Labute approximate surface area is 239 Å². The number of nitrogens with zero attached hydrogens (tertiary/aromatic N) is 5. The summed E-state index contributed by atoms with van der Waals surface area (Å²) in [7, 11) is 22.1. The molecule has 0 rings (SSSR count).